The summed E-state index contributed by atoms with van der Waals surface area (Å²) < 4.78 is 0. The topological polar surface area (TPSA) is 80.9 Å². The number of nitrogen functional groups attached to an aromatic ring is 1. The molecule has 0 fully saturated rings. The quantitative estimate of drug-likeness (QED) is 0.526. The fourth-order valence-corrected chi connectivity index (χ4v) is 5.62. The number of hydrogen-bond acceptors (Lipinski definition) is 6. The van der Waals surface area contributed by atoms with Crippen LogP contribution in [-0.4, -0.2) is 15.9 Å². The van der Waals surface area contributed by atoms with Crippen molar-refractivity contribution in [1.29, 1.82) is 0 Å². The summed E-state index contributed by atoms with van der Waals surface area (Å²) in [6.45, 7) is 0.419. The number of pyridine rings is 2. The third-order valence-electron chi connectivity index (χ3n) is 5.05. The largest absolute Gasteiger partial charge is 0.397 e. The molecule has 4 heterocycles. The molecule has 0 atom stereocenters. The van der Waals surface area contributed by atoms with Gasteiger partial charge in [0, 0.05) is 40.5 Å². The molecular formula is C21H18N4OS2. The number of hydrogen-bond donors (Lipinski definition) is 2. The fraction of sp³-hybridized carbons (Fsp3) is 0.190. The van der Waals surface area contributed by atoms with E-state index >= 15 is 0 Å². The van der Waals surface area contributed by atoms with Crippen LogP contribution in [0.15, 0.2) is 42.0 Å². The molecule has 4 aromatic rings. The van der Waals surface area contributed by atoms with Gasteiger partial charge in [-0.1, -0.05) is 12.1 Å². The van der Waals surface area contributed by atoms with E-state index in [1.165, 1.54) is 27.3 Å². The molecule has 0 bridgehead atoms. The number of thiophene rings is 2. The summed E-state index contributed by atoms with van der Waals surface area (Å²) in [6.07, 6.45) is 6.59. The Morgan fingerprint density at radius 1 is 1.25 bits per heavy atom. The number of rotatable bonds is 4. The van der Waals surface area contributed by atoms with Gasteiger partial charge in [-0.3, -0.25) is 9.78 Å². The minimum atomic E-state index is -0.165. The van der Waals surface area contributed by atoms with Crippen molar-refractivity contribution in [2.24, 2.45) is 0 Å². The van der Waals surface area contributed by atoms with Crippen LogP contribution in [0.3, 0.4) is 0 Å². The van der Waals surface area contributed by atoms with Gasteiger partial charge in [0.05, 0.1) is 5.69 Å². The van der Waals surface area contributed by atoms with Gasteiger partial charge in [0.1, 0.15) is 9.71 Å². The second kappa shape index (κ2) is 7.00. The Morgan fingerprint density at radius 3 is 2.96 bits per heavy atom. The highest BCUT2D eigenvalue weighted by molar-refractivity contribution is 7.21. The number of nitrogens with zero attached hydrogens (tertiary/aromatic N) is 2. The van der Waals surface area contributed by atoms with Crippen molar-refractivity contribution < 1.29 is 4.79 Å². The molecule has 0 unspecified atom stereocenters. The van der Waals surface area contributed by atoms with E-state index in [-0.39, 0.29) is 5.91 Å². The van der Waals surface area contributed by atoms with Gasteiger partial charge in [0.15, 0.2) is 0 Å². The molecule has 5 rings (SSSR count). The van der Waals surface area contributed by atoms with Crippen LogP contribution in [0.2, 0.25) is 0 Å². The number of aromatic nitrogens is 2. The van der Waals surface area contributed by atoms with E-state index in [4.69, 9.17) is 10.7 Å². The predicted molar refractivity (Wildman–Crippen MR) is 115 cm³/mol. The summed E-state index contributed by atoms with van der Waals surface area (Å²) in [5, 5.41) is 5.96. The Balaban J connectivity index is 1.58. The number of carbonyl (C=O) groups excluding carboxylic acids is 1. The molecular weight excluding hydrogens is 388 g/mol. The first-order chi connectivity index (χ1) is 13.7. The lowest BCUT2D eigenvalue weighted by Crippen LogP contribution is -2.22. The van der Waals surface area contributed by atoms with E-state index in [0.29, 0.717) is 17.1 Å². The van der Waals surface area contributed by atoms with E-state index in [1.54, 1.807) is 23.7 Å². The van der Waals surface area contributed by atoms with Gasteiger partial charge in [-0.2, -0.15) is 0 Å². The maximum Gasteiger partial charge on any atom is 0.263 e. The Bertz CT molecular complexity index is 1170. The monoisotopic (exact) mass is 406 g/mol. The second-order valence-electron chi connectivity index (χ2n) is 6.81. The molecule has 0 radical (unpaired) electrons. The van der Waals surface area contributed by atoms with Gasteiger partial charge in [0.25, 0.3) is 5.91 Å². The number of nitrogens with one attached hydrogen (secondary N) is 1. The van der Waals surface area contributed by atoms with Crippen LogP contribution >= 0.6 is 22.7 Å². The Hall–Kier alpha value is -2.77. The molecule has 0 spiro atoms. The highest BCUT2D eigenvalue weighted by atomic mass is 32.1. The summed E-state index contributed by atoms with van der Waals surface area (Å²) in [5.41, 5.74) is 11.6. The minimum Gasteiger partial charge on any atom is -0.397 e. The summed E-state index contributed by atoms with van der Waals surface area (Å²) in [6, 6.07) is 7.96. The number of amides is 1. The smallest absolute Gasteiger partial charge is 0.263 e. The molecule has 4 aromatic heterocycles. The highest BCUT2D eigenvalue weighted by Crippen LogP contribution is 2.45. The SMILES string of the molecule is Nc1c(C(=O)NCc2cccnc2)sc2nc3c(c(-c4cccs4)c12)CCC3. The van der Waals surface area contributed by atoms with E-state index in [2.05, 4.69) is 27.8 Å². The zero-order valence-corrected chi connectivity index (χ0v) is 16.7. The standard InChI is InChI=1S/C21H18N4OS2/c22-18-17-16(15-7-3-9-27-15)13-5-1-6-14(13)25-21(17)28-19(18)20(26)24-11-12-4-2-8-23-10-12/h2-4,7-10H,1,5-6,11,22H2,(H,24,26). The molecule has 7 heteroatoms. The van der Waals surface area contributed by atoms with Crippen molar-refractivity contribution in [3.8, 4) is 10.4 Å². The zero-order valence-electron chi connectivity index (χ0n) is 15.1. The van der Waals surface area contributed by atoms with Gasteiger partial charge in [-0.25, -0.2) is 4.98 Å². The van der Waals surface area contributed by atoms with Gasteiger partial charge < -0.3 is 11.1 Å². The van der Waals surface area contributed by atoms with Crippen molar-refractivity contribution in [1.82, 2.24) is 15.3 Å². The van der Waals surface area contributed by atoms with Gasteiger partial charge in [-0.15, -0.1) is 22.7 Å². The lowest BCUT2D eigenvalue weighted by Gasteiger charge is -2.09. The van der Waals surface area contributed by atoms with Crippen LogP contribution in [0.4, 0.5) is 5.69 Å². The van der Waals surface area contributed by atoms with Crippen molar-refractivity contribution in [3.63, 3.8) is 0 Å². The Morgan fingerprint density at radius 2 is 2.18 bits per heavy atom. The average molecular weight is 407 g/mol. The number of nitrogens with two attached hydrogens (primary N) is 1. The fourth-order valence-electron chi connectivity index (χ4n) is 3.77. The summed E-state index contributed by atoms with van der Waals surface area (Å²) in [7, 11) is 0. The van der Waals surface area contributed by atoms with Crippen LogP contribution in [0.1, 0.15) is 32.9 Å². The third kappa shape index (κ3) is 2.87. The number of aryl methyl sites for hydroxylation is 1. The van der Waals surface area contributed by atoms with Crippen molar-refractivity contribution >= 4 is 44.5 Å². The van der Waals surface area contributed by atoms with Crippen LogP contribution in [0.5, 0.6) is 0 Å². The van der Waals surface area contributed by atoms with Crippen LogP contribution in [0, 0.1) is 0 Å². The Kier molecular flexibility index (Phi) is 4.33. The summed E-state index contributed by atoms with van der Waals surface area (Å²) >= 11 is 3.09. The number of carbonyl (C=O) groups is 1. The molecule has 140 valence electrons. The lowest BCUT2D eigenvalue weighted by molar-refractivity contribution is 0.0956. The van der Waals surface area contributed by atoms with Gasteiger partial charge in [0.2, 0.25) is 0 Å². The highest BCUT2D eigenvalue weighted by Gasteiger charge is 2.26. The normalized spacial score (nSPS) is 13.0. The molecule has 0 aromatic carbocycles. The Labute approximate surface area is 170 Å². The molecule has 5 nitrogen and oxygen atoms in total. The zero-order chi connectivity index (χ0) is 19.1. The molecule has 28 heavy (non-hydrogen) atoms. The molecule has 0 saturated carbocycles. The summed E-state index contributed by atoms with van der Waals surface area (Å²) in [5.74, 6) is -0.165. The van der Waals surface area contributed by atoms with Crippen molar-refractivity contribution in [3.05, 3.63) is 63.7 Å². The first-order valence-corrected chi connectivity index (χ1v) is 10.9. The van der Waals surface area contributed by atoms with E-state index in [0.717, 1.165) is 40.7 Å². The minimum absolute atomic E-state index is 0.165. The van der Waals surface area contributed by atoms with E-state index < -0.39 is 0 Å². The molecule has 1 aliphatic rings. The molecule has 3 N–H and O–H groups in total. The lowest BCUT2D eigenvalue weighted by atomic mass is 10.0. The predicted octanol–water partition coefficient (Wildman–Crippen LogP) is 4.42. The maximum atomic E-state index is 12.8. The second-order valence-corrected chi connectivity index (χ2v) is 8.76. The first kappa shape index (κ1) is 17.3. The van der Waals surface area contributed by atoms with Gasteiger partial charge in [-0.05, 0) is 47.9 Å². The first-order valence-electron chi connectivity index (χ1n) is 9.17. The molecule has 0 aliphatic heterocycles. The van der Waals surface area contributed by atoms with Gasteiger partial charge >= 0.3 is 0 Å². The molecule has 1 aliphatic carbocycles. The third-order valence-corrected chi connectivity index (χ3v) is 7.04. The van der Waals surface area contributed by atoms with E-state index in [1.807, 2.05) is 12.1 Å². The van der Waals surface area contributed by atoms with Crippen LogP contribution in [0.25, 0.3) is 20.7 Å². The number of fused-ring (bicyclic) bond motifs is 2. The van der Waals surface area contributed by atoms with Crippen molar-refractivity contribution in [2.75, 3.05) is 5.73 Å². The average Bonchev–Trinajstić information content (AvgIpc) is 3.46. The molecule has 1 amide bonds. The maximum absolute atomic E-state index is 12.8. The summed E-state index contributed by atoms with van der Waals surface area (Å²) in [4.78, 5) is 24.4. The van der Waals surface area contributed by atoms with Crippen LogP contribution in [-0.2, 0) is 19.4 Å². The molecule has 0 saturated heterocycles. The van der Waals surface area contributed by atoms with E-state index in [9.17, 15) is 4.79 Å². The number of anilines is 1. The van der Waals surface area contributed by atoms with Crippen LogP contribution < -0.4 is 11.1 Å². The van der Waals surface area contributed by atoms with Crippen molar-refractivity contribution in [2.45, 2.75) is 25.8 Å².